The average Bonchev–Trinajstić information content (AvgIpc) is 3.13. The number of fused-ring (bicyclic) bond motifs is 1. The Morgan fingerprint density at radius 3 is 2.46 bits per heavy atom. The van der Waals surface area contributed by atoms with Crippen molar-refractivity contribution in [3.05, 3.63) is 103 Å². The number of aromatic nitrogens is 3. The quantitative estimate of drug-likeness (QED) is 0.299. The van der Waals surface area contributed by atoms with E-state index in [1.807, 2.05) is 38.1 Å². The van der Waals surface area contributed by atoms with Crippen molar-refractivity contribution in [2.45, 2.75) is 33.4 Å². The molecule has 35 heavy (non-hydrogen) atoms. The van der Waals surface area contributed by atoms with E-state index in [1.54, 1.807) is 30.3 Å². The molecule has 0 aliphatic rings. The van der Waals surface area contributed by atoms with Gasteiger partial charge in [0.25, 0.3) is 5.56 Å². The summed E-state index contributed by atoms with van der Waals surface area (Å²) in [5.74, 6) is -1.09. The lowest BCUT2D eigenvalue weighted by molar-refractivity contribution is -0.143. The second-order valence-electron chi connectivity index (χ2n) is 8.26. The van der Waals surface area contributed by atoms with E-state index in [1.165, 1.54) is 0 Å². The smallest absolute Gasteiger partial charge is 0.329 e. The molecular formula is C26H24ClN3O5. The van der Waals surface area contributed by atoms with Gasteiger partial charge in [0, 0.05) is 28.5 Å². The van der Waals surface area contributed by atoms with Gasteiger partial charge in [-0.2, -0.15) is 0 Å². The highest BCUT2D eigenvalue weighted by atomic mass is 35.5. The van der Waals surface area contributed by atoms with E-state index in [9.17, 15) is 19.2 Å². The Kier molecular flexibility index (Phi) is 7.02. The number of benzene rings is 2. The van der Waals surface area contributed by atoms with E-state index < -0.39 is 30.4 Å². The zero-order valence-electron chi connectivity index (χ0n) is 19.3. The summed E-state index contributed by atoms with van der Waals surface area (Å²) in [4.78, 5) is 51.6. The third-order valence-electron chi connectivity index (χ3n) is 5.97. The van der Waals surface area contributed by atoms with Crippen molar-refractivity contribution in [3.8, 4) is 0 Å². The number of para-hydroxylation sites is 1. The highest BCUT2D eigenvalue weighted by Crippen LogP contribution is 2.18. The SMILES string of the molecule is Cc1cc(C(=O)COC(=O)Cn2c(=O)[nH]c(=O)c3ccccc32)c(C)n1CCc1ccc(Cl)cc1. The topological polar surface area (TPSA) is 103 Å². The lowest BCUT2D eigenvalue weighted by atomic mass is 10.1. The number of hydrogen-bond acceptors (Lipinski definition) is 5. The van der Waals surface area contributed by atoms with Gasteiger partial charge in [-0.15, -0.1) is 0 Å². The maximum Gasteiger partial charge on any atom is 0.329 e. The number of aryl methyl sites for hydroxylation is 2. The summed E-state index contributed by atoms with van der Waals surface area (Å²) < 4.78 is 8.35. The molecule has 0 aliphatic carbocycles. The van der Waals surface area contributed by atoms with Gasteiger partial charge in [0.2, 0.25) is 5.78 Å². The summed E-state index contributed by atoms with van der Waals surface area (Å²) >= 11 is 5.94. The van der Waals surface area contributed by atoms with E-state index >= 15 is 0 Å². The van der Waals surface area contributed by atoms with Crippen LogP contribution in [0, 0.1) is 13.8 Å². The first-order valence-corrected chi connectivity index (χ1v) is 11.4. The van der Waals surface area contributed by atoms with Crippen LogP contribution < -0.4 is 11.2 Å². The van der Waals surface area contributed by atoms with Crippen LogP contribution in [0.4, 0.5) is 0 Å². The number of nitrogens with one attached hydrogen (secondary N) is 1. The molecule has 4 rings (SSSR count). The molecule has 1 N–H and O–H groups in total. The van der Waals surface area contributed by atoms with Crippen LogP contribution in [0.3, 0.4) is 0 Å². The number of rotatable bonds is 8. The van der Waals surface area contributed by atoms with Gasteiger partial charge in [-0.25, -0.2) is 4.79 Å². The summed E-state index contributed by atoms with van der Waals surface area (Å²) in [5.41, 5.74) is 2.40. The summed E-state index contributed by atoms with van der Waals surface area (Å²) in [6, 6.07) is 15.9. The Balaban J connectivity index is 1.42. The molecule has 2 aromatic heterocycles. The first-order valence-electron chi connectivity index (χ1n) is 11.1. The summed E-state index contributed by atoms with van der Waals surface area (Å²) in [7, 11) is 0. The molecule has 2 aromatic carbocycles. The van der Waals surface area contributed by atoms with Gasteiger partial charge in [-0.1, -0.05) is 35.9 Å². The first-order chi connectivity index (χ1) is 16.7. The number of hydrogen-bond donors (Lipinski definition) is 1. The standard InChI is InChI=1S/C26H24ClN3O5/c1-16-13-21(17(2)29(16)12-11-18-7-9-19(27)10-8-18)23(31)15-35-24(32)14-30-22-6-4-3-5-20(22)25(33)28-26(30)34/h3-10,13H,11-12,14-15H2,1-2H3,(H,28,33,34). The van der Waals surface area contributed by atoms with Crippen molar-refractivity contribution in [3.63, 3.8) is 0 Å². The van der Waals surface area contributed by atoms with Crippen LogP contribution in [-0.2, 0) is 29.0 Å². The molecule has 2 heterocycles. The molecule has 0 bridgehead atoms. The highest BCUT2D eigenvalue weighted by Gasteiger charge is 2.18. The van der Waals surface area contributed by atoms with E-state index in [0.29, 0.717) is 22.6 Å². The minimum absolute atomic E-state index is 0.280. The Morgan fingerprint density at radius 1 is 1.00 bits per heavy atom. The second-order valence-corrected chi connectivity index (χ2v) is 8.70. The monoisotopic (exact) mass is 493 g/mol. The van der Waals surface area contributed by atoms with Gasteiger partial charge in [0.1, 0.15) is 6.54 Å². The third-order valence-corrected chi connectivity index (χ3v) is 6.22. The van der Waals surface area contributed by atoms with Gasteiger partial charge in [0.15, 0.2) is 6.61 Å². The molecule has 180 valence electrons. The van der Waals surface area contributed by atoms with E-state index in [4.69, 9.17) is 16.3 Å². The predicted molar refractivity (Wildman–Crippen MR) is 133 cm³/mol. The highest BCUT2D eigenvalue weighted by molar-refractivity contribution is 6.30. The second kappa shape index (κ2) is 10.1. The fraction of sp³-hybridized carbons (Fsp3) is 0.231. The fourth-order valence-corrected chi connectivity index (χ4v) is 4.24. The van der Waals surface area contributed by atoms with Gasteiger partial charge in [-0.3, -0.25) is 23.9 Å². The minimum atomic E-state index is -0.755. The molecule has 0 radical (unpaired) electrons. The number of ketones is 1. The number of Topliss-reactive ketones (excluding diaryl/α,β-unsaturated/α-hetero) is 1. The molecule has 0 spiro atoms. The molecule has 0 saturated heterocycles. The van der Waals surface area contributed by atoms with Crippen molar-refractivity contribution in [2.24, 2.45) is 0 Å². The molecular weight excluding hydrogens is 470 g/mol. The molecule has 9 heteroatoms. The number of H-pyrrole nitrogens is 1. The van der Waals surface area contributed by atoms with Crippen LogP contribution in [-0.4, -0.2) is 32.5 Å². The van der Waals surface area contributed by atoms with Crippen LogP contribution in [0.25, 0.3) is 10.9 Å². The van der Waals surface area contributed by atoms with Crippen molar-refractivity contribution in [1.29, 1.82) is 0 Å². The van der Waals surface area contributed by atoms with E-state index in [-0.39, 0.29) is 11.2 Å². The number of aromatic amines is 1. The Labute approximate surface area is 205 Å². The zero-order valence-corrected chi connectivity index (χ0v) is 20.1. The number of esters is 1. The summed E-state index contributed by atoms with van der Waals surface area (Å²) in [5, 5.41) is 0.963. The molecule has 0 aliphatic heterocycles. The fourth-order valence-electron chi connectivity index (χ4n) is 4.12. The van der Waals surface area contributed by atoms with Gasteiger partial charge >= 0.3 is 11.7 Å². The van der Waals surface area contributed by atoms with E-state index in [2.05, 4.69) is 9.55 Å². The van der Waals surface area contributed by atoms with Gasteiger partial charge in [-0.05, 0) is 56.2 Å². The van der Waals surface area contributed by atoms with Crippen molar-refractivity contribution in [2.75, 3.05) is 6.61 Å². The van der Waals surface area contributed by atoms with Crippen LogP contribution in [0.1, 0.15) is 27.3 Å². The van der Waals surface area contributed by atoms with Crippen LogP contribution in [0.15, 0.2) is 64.2 Å². The molecule has 0 amide bonds. The maximum absolute atomic E-state index is 12.8. The Morgan fingerprint density at radius 2 is 1.71 bits per heavy atom. The van der Waals surface area contributed by atoms with Crippen LogP contribution in [0.5, 0.6) is 0 Å². The van der Waals surface area contributed by atoms with Crippen molar-refractivity contribution >= 4 is 34.3 Å². The number of halogens is 1. The number of ether oxygens (including phenoxy) is 1. The van der Waals surface area contributed by atoms with Crippen molar-refractivity contribution < 1.29 is 14.3 Å². The Bertz CT molecular complexity index is 1530. The lowest BCUT2D eigenvalue weighted by Crippen LogP contribution is -2.33. The molecule has 8 nitrogen and oxygen atoms in total. The predicted octanol–water partition coefficient (Wildman–Crippen LogP) is 3.43. The summed E-state index contributed by atoms with van der Waals surface area (Å²) in [6.07, 6.45) is 0.776. The first kappa shape index (κ1) is 24.2. The lowest BCUT2D eigenvalue weighted by Gasteiger charge is -2.11. The van der Waals surface area contributed by atoms with Gasteiger partial charge < -0.3 is 9.30 Å². The van der Waals surface area contributed by atoms with Crippen LogP contribution >= 0.6 is 11.6 Å². The molecule has 0 fully saturated rings. The summed E-state index contributed by atoms with van der Waals surface area (Å²) in [6.45, 7) is 3.59. The van der Waals surface area contributed by atoms with Gasteiger partial charge in [0.05, 0.1) is 10.9 Å². The average molecular weight is 494 g/mol. The Hall–Kier alpha value is -3.91. The maximum atomic E-state index is 12.8. The molecule has 0 unspecified atom stereocenters. The molecule has 0 saturated carbocycles. The largest absolute Gasteiger partial charge is 0.456 e. The number of nitrogens with zero attached hydrogens (tertiary/aromatic N) is 2. The number of carbonyl (C=O) groups is 2. The minimum Gasteiger partial charge on any atom is -0.456 e. The van der Waals surface area contributed by atoms with Crippen LogP contribution in [0.2, 0.25) is 5.02 Å². The van der Waals surface area contributed by atoms with E-state index in [0.717, 1.165) is 27.9 Å². The molecule has 0 atom stereocenters. The third kappa shape index (κ3) is 5.27. The molecule has 4 aromatic rings. The van der Waals surface area contributed by atoms with Crippen molar-refractivity contribution in [1.82, 2.24) is 14.1 Å². The zero-order chi connectivity index (χ0) is 25.1. The number of carbonyl (C=O) groups excluding carboxylic acids is 2. The normalized spacial score (nSPS) is 11.1.